The number of rotatable bonds is 5. The smallest absolute Gasteiger partial charge is 0.230 e. The Morgan fingerprint density at radius 1 is 1.38 bits per heavy atom. The molecule has 0 spiro atoms. The number of nitrogens with one attached hydrogen (secondary N) is 1. The van der Waals surface area contributed by atoms with E-state index in [-0.39, 0.29) is 5.92 Å². The summed E-state index contributed by atoms with van der Waals surface area (Å²) in [5, 5.41) is 3.46. The molecule has 0 radical (unpaired) electrons. The zero-order chi connectivity index (χ0) is 14.7. The maximum absolute atomic E-state index is 12.9. The molecule has 2 aliphatic rings. The fraction of sp³-hybridized carbons (Fsp3) is 0.611. The molecule has 0 bridgehead atoms. The fourth-order valence-corrected chi connectivity index (χ4v) is 3.65. The summed E-state index contributed by atoms with van der Waals surface area (Å²) in [4.78, 5) is 15.0. The van der Waals surface area contributed by atoms with Crippen molar-refractivity contribution < 1.29 is 4.79 Å². The minimum atomic E-state index is 0.115. The average molecular weight is 286 g/mol. The number of carbonyl (C=O) groups excluding carboxylic acids is 1. The van der Waals surface area contributed by atoms with Gasteiger partial charge in [-0.3, -0.25) is 4.79 Å². The Hall–Kier alpha value is -1.35. The van der Waals surface area contributed by atoms with Crippen molar-refractivity contribution in [3.05, 3.63) is 35.4 Å². The summed E-state index contributed by atoms with van der Waals surface area (Å²) in [5.41, 5.74) is 2.61. The van der Waals surface area contributed by atoms with Crippen LogP contribution in [0, 0.1) is 5.92 Å². The molecular weight excluding hydrogens is 260 g/mol. The third-order valence-corrected chi connectivity index (χ3v) is 4.84. The number of amides is 1. The molecule has 1 N–H and O–H groups in total. The van der Waals surface area contributed by atoms with Crippen LogP contribution < -0.4 is 5.32 Å². The number of nitrogens with zero attached hydrogens (tertiary/aromatic N) is 1. The number of piperidine rings is 1. The van der Waals surface area contributed by atoms with Crippen LogP contribution in [-0.2, 0) is 11.2 Å². The minimum absolute atomic E-state index is 0.115. The third kappa shape index (κ3) is 3.13. The predicted molar refractivity (Wildman–Crippen MR) is 85.4 cm³/mol. The van der Waals surface area contributed by atoms with Crippen molar-refractivity contribution in [2.75, 3.05) is 26.2 Å². The van der Waals surface area contributed by atoms with Crippen LogP contribution in [0.2, 0.25) is 0 Å². The summed E-state index contributed by atoms with van der Waals surface area (Å²) in [6.07, 6.45) is 4.46. The number of carbonyl (C=O) groups is 1. The van der Waals surface area contributed by atoms with E-state index in [0.29, 0.717) is 11.8 Å². The lowest BCUT2D eigenvalue weighted by atomic mass is 9.76. The zero-order valence-electron chi connectivity index (χ0n) is 13.0. The van der Waals surface area contributed by atoms with Crippen molar-refractivity contribution in [2.24, 2.45) is 5.92 Å². The van der Waals surface area contributed by atoms with E-state index in [1.165, 1.54) is 24.0 Å². The van der Waals surface area contributed by atoms with Gasteiger partial charge < -0.3 is 10.2 Å². The van der Waals surface area contributed by atoms with Gasteiger partial charge in [-0.1, -0.05) is 31.2 Å². The van der Waals surface area contributed by atoms with Crippen LogP contribution in [-0.4, -0.2) is 37.0 Å². The molecule has 0 aromatic heterocycles. The van der Waals surface area contributed by atoms with Gasteiger partial charge in [-0.05, 0) is 55.8 Å². The largest absolute Gasteiger partial charge is 0.342 e. The second kappa shape index (κ2) is 6.61. The lowest BCUT2D eigenvalue weighted by Crippen LogP contribution is -2.45. The van der Waals surface area contributed by atoms with Gasteiger partial charge in [-0.2, -0.15) is 0 Å². The first-order chi connectivity index (χ1) is 10.3. The molecule has 1 aromatic carbocycles. The van der Waals surface area contributed by atoms with Crippen LogP contribution in [0.5, 0.6) is 0 Å². The van der Waals surface area contributed by atoms with Crippen LogP contribution in [0.15, 0.2) is 24.3 Å². The van der Waals surface area contributed by atoms with Crippen molar-refractivity contribution in [3.8, 4) is 0 Å². The summed E-state index contributed by atoms with van der Waals surface area (Å²) in [6.45, 7) is 6.18. The molecule has 2 atom stereocenters. The molecular formula is C18H26N2O. The Morgan fingerprint density at radius 2 is 2.24 bits per heavy atom. The number of fused-ring (bicyclic) bond motifs is 1. The Kier molecular flexibility index (Phi) is 4.59. The van der Waals surface area contributed by atoms with Crippen LogP contribution in [0.3, 0.4) is 0 Å². The summed E-state index contributed by atoms with van der Waals surface area (Å²) in [5.74, 6) is 1.09. The summed E-state index contributed by atoms with van der Waals surface area (Å²) in [7, 11) is 0. The monoisotopic (exact) mass is 286 g/mol. The number of hydrogen-bond acceptors (Lipinski definition) is 2. The van der Waals surface area contributed by atoms with Crippen molar-refractivity contribution >= 4 is 5.91 Å². The molecule has 0 saturated carbocycles. The topological polar surface area (TPSA) is 32.3 Å². The molecule has 1 aliphatic heterocycles. The van der Waals surface area contributed by atoms with Gasteiger partial charge in [0.25, 0.3) is 0 Å². The van der Waals surface area contributed by atoms with Gasteiger partial charge in [0.05, 0.1) is 5.92 Å². The maximum Gasteiger partial charge on any atom is 0.230 e. The molecule has 114 valence electrons. The molecule has 3 heteroatoms. The normalized spacial score (nSPS) is 24.0. The Morgan fingerprint density at radius 3 is 2.95 bits per heavy atom. The molecule has 1 fully saturated rings. The van der Waals surface area contributed by atoms with E-state index in [4.69, 9.17) is 0 Å². The minimum Gasteiger partial charge on any atom is -0.342 e. The van der Waals surface area contributed by atoms with Crippen LogP contribution >= 0.6 is 0 Å². The Balaban J connectivity index is 1.65. The summed E-state index contributed by atoms with van der Waals surface area (Å²) >= 11 is 0. The second-order valence-electron chi connectivity index (χ2n) is 6.45. The number of benzene rings is 1. The SMILES string of the molecule is CCCN(CC1CCCNC1)C(=O)C1Cc2ccccc21. The number of hydrogen-bond donors (Lipinski definition) is 1. The van der Waals surface area contributed by atoms with Crippen molar-refractivity contribution in [1.82, 2.24) is 10.2 Å². The lowest BCUT2D eigenvalue weighted by Gasteiger charge is -2.36. The molecule has 21 heavy (non-hydrogen) atoms. The standard InChI is InChI=1S/C18H26N2O/c1-2-10-20(13-14-6-5-9-19-12-14)18(21)17-11-15-7-3-4-8-16(15)17/h3-4,7-8,14,17,19H,2,5-6,9-13H2,1H3. The van der Waals surface area contributed by atoms with E-state index < -0.39 is 0 Å². The highest BCUT2D eigenvalue weighted by Gasteiger charge is 2.35. The lowest BCUT2D eigenvalue weighted by molar-refractivity contribution is -0.134. The molecule has 2 unspecified atom stereocenters. The van der Waals surface area contributed by atoms with E-state index in [1.54, 1.807) is 0 Å². The van der Waals surface area contributed by atoms with Gasteiger partial charge >= 0.3 is 0 Å². The van der Waals surface area contributed by atoms with Gasteiger partial charge in [0, 0.05) is 13.1 Å². The highest BCUT2D eigenvalue weighted by molar-refractivity contribution is 5.87. The first-order valence-electron chi connectivity index (χ1n) is 8.37. The van der Waals surface area contributed by atoms with E-state index >= 15 is 0 Å². The maximum atomic E-state index is 12.9. The third-order valence-electron chi connectivity index (χ3n) is 4.84. The van der Waals surface area contributed by atoms with Crippen LogP contribution in [0.1, 0.15) is 43.2 Å². The molecule has 1 aromatic rings. The van der Waals surface area contributed by atoms with E-state index in [1.807, 2.05) is 6.07 Å². The summed E-state index contributed by atoms with van der Waals surface area (Å²) < 4.78 is 0. The van der Waals surface area contributed by atoms with E-state index in [0.717, 1.165) is 39.0 Å². The van der Waals surface area contributed by atoms with Gasteiger partial charge in [-0.15, -0.1) is 0 Å². The predicted octanol–water partition coefficient (Wildman–Crippen LogP) is 2.56. The highest BCUT2D eigenvalue weighted by atomic mass is 16.2. The van der Waals surface area contributed by atoms with Crippen LogP contribution in [0.4, 0.5) is 0 Å². The zero-order valence-corrected chi connectivity index (χ0v) is 13.0. The molecule has 1 heterocycles. The fourth-order valence-electron chi connectivity index (χ4n) is 3.65. The van der Waals surface area contributed by atoms with Gasteiger partial charge in [0.1, 0.15) is 0 Å². The average Bonchev–Trinajstić information content (AvgIpc) is 2.49. The molecule has 1 aliphatic carbocycles. The second-order valence-corrected chi connectivity index (χ2v) is 6.45. The molecule has 3 rings (SSSR count). The first kappa shape index (κ1) is 14.6. The van der Waals surface area contributed by atoms with Gasteiger partial charge in [0.15, 0.2) is 0 Å². The van der Waals surface area contributed by atoms with Gasteiger partial charge in [-0.25, -0.2) is 0 Å². The molecule has 3 nitrogen and oxygen atoms in total. The Bertz CT molecular complexity index is 494. The molecule has 1 saturated heterocycles. The quantitative estimate of drug-likeness (QED) is 0.902. The van der Waals surface area contributed by atoms with Crippen LogP contribution in [0.25, 0.3) is 0 Å². The van der Waals surface area contributed by atoms with E-state index in [9.17, 15) is 4.79 Å². The van der Waals surface area contributed by atoms with E-state index in [2.05, 4.69) is 35.3 Å². The Labute approximate surface area is 127 Å². The van der Waals surface area contributed by atoms with Crippen molar-refractivity contribution in [1.29, 1.82) is 0 Å². The van der Waals surface area contributed by atoms with Gasteiger partial charge in [0.2, 0.25) is 5.91 Å². The van der Waals surface area contributed by atoms with Crippen molar-refractivity contribution in [3.63, 3.8) is 0 Å². The first-order valence-corrected chi connectivity index (χ1v) is 8.37. The summed E-state index contributed by atoms with van der Waals surface area (Å²) in [6, 6.07) is 8.38. The molecule has 1 amide bonds. The van der Waals surface area contributed by atoms with Crippen molar-refractivity contribution in [2.45, 2.75) is 38.5 Å². The highest BCUT2D eigenvalue weighted by Crippen LogP contribution is 2.36.